The van der Waals surface area contributed by atoms with Gasteiger partial charge in [-0.2, -0.15) is 13.2 Å². The molecule has 3 heterocycles. The van der Waals surface area contributed by atoms with Crippen molar-refractivity contribution >= 4 is 34.7 Å². The zero-order valence-corrected chi connectivity index (χ0v) is 23.7. The number of hydrogen-bond donors (Lipinski definition) is 3. The molecule has 2 aliphatic rings. The molecule has 13 heteroatoms. The standard InChI is InChI=1S/C18H25N5O3.C9H7F3N2.C2H2/c1-21(2)16(24)11-19-17(25)22-9-7-14(8-10-22)23-12-13-5-3-4-6-15(13)20-18(23)26;1-5-2-3-6-7(4-5)14-8(13-6)9(10,11)12;1-2/h3-6,14H,7-12H2,1-2H3,(H,19,25)(H,20,26);2-4H,1H3,(H,13,14);1-2H. The van der Waals surface area contributed by atoms with Crippen LogP contribution in [0.15, 0.2) is 42.5 Å². The fourth-order valence-corrected chi connectivity index (χ4v) is 4.58. The van der Waals surface area contributed by atoms with E-state index in [-0.39, 0.29) is 30.6 Å². The molecular weight excluding hydrogens is 551 g/mol. The SMILES string of the molecule is C#C.CN(C)C(=O)CNC(=O)N1CCC(N2Cc3ccccc3NC2=O)CC1.Cc1ccc2nc(C(F)(F)F)[nH]c2c1. The van der Waals surface area contributed by atoms with Crippen LogP contribution in [0.2, 0.25) is 0 Å². The number of aryl methyl sites for hydroxylation is 1. The monoisotopic (exact) mass is 585 g/mol. The molecule has 2 aromatic carbocycles. The molecule has 5 amide bonds. The van der Waals surface area contributed by atoms with Gasteiger partial charge in [0.2, 0.25) is 11.7 Å². The summed E-state index contributed by atoms with van der Waals surface area (Å²) >= 11 is 0. The maximum Gasteiger partial charge on any atom is 0.449 e. The number of halogens is 3. The van der Waals surface area contributed by atoms with Crippen LogP contribution in [0.5, 0.6) is 0 Å². The normalized spacial score (nSPS) is 14.9. The zero-order chi connectivity index (χ0) is 31.0. The van der Waals surface area contributed by atoms with Crippen molar-refractivity contribution in [3.63, 3.8) is 0 Å². The zero-order valence-electron chi connectivity index (χ0n) is 23.7. The second-order valence-corrected chi connectivity index (χ2v) is 9.98. The van der Waals surface area contributed by atoms with E-state index in [0.717, 1.165) is 29.7 Å². The number of carbonyl (C=O) groups is 3. The highest BCUT2D eigenvalue weighted by Gasteiger charge is 2.35. The molecule has 42 heavy (non-hydrogen) atoms. The smallest absolute Gasteiger partial charge is 0.347 e. The second-order valence-electron chi connectivity index (χ2n) is 9.98. The number of aromatic amines is 1. The fourth-order valence-electron chi connectivity index (χ4n) is 4.58. The Bertz CT molecular complexity index is 1430. The number of urea groups is 2. The summed E-state index contributed by atoms with van der Waals surface area (Å²) in [7, 11) is 3.31. The van der Waals surface area contributed by atoms with Gasteiger partial charge in [-0.05, 0) is 49.1 Å². The first-order chi connectivity index (χ1) is 19.9. The molecule has 1 fully saturated rings. The number of amides is 5. The highest BCUT2D eigenvalue weighted by molar-refractivity contribution is 5.92. The number of carbonyl (C=O) groups excluding carboxylic acids is 3. The molecule has 3 aromatic rings. The predicted molar refractivity (Wildman–Crippen MR) is 153 cm³/mol. The van der Waals surface area contributed by atoms with Gasteiger partial charge in [0, 0.05) is 45.5 Å². The summed E-state index contributed by atoms with van der Waals surface area (Å²) < 4.78 is 36.7. The minimum absolute atomic E-state index is 0.00290. The number of piperidine rings is 1. The Balaban J connectivity index is 0.000000254. The van der Waals surface area contributed by atoms with Crippen LogP contribution in [0.25, 0.3) is 11.0 Å². The summed E-state index contributed by atoms with van der Waals surface area (Å²) in [4.78, 5) is 46.8. The van der Waals surface area contributed by atoms with Gasteiger partial charge in [0.25, 0.3) is 0 Å². The van der Waals surface area contributed by atoms with Gasteiger partial charge in [-0.15, -0.1) is 12.8 Å². The van der Waals surface area contributed by atoms with E-state index in [4.69, 9.17) is 0 Å². The number of hydrogen-bond acceptors (Lipinski definition) is 4. The van der Waals surface area contributed by atoms with Gasteiger partial charge in [-0.25, -0.2) is 14.6 Å². The molecule has 0 saturated carbocycles. The number of nitrogens with zero attached hydrogens (tertiary/aromatic N) is 4. The number of fused-ring (bicyclic) bond motifs is 2. The highest BCUT2D eigenvalue weighted by Crippen LogP contribution is 2.29. The molecule has 0 atom stereocenters. The summed E-state index contributed by atoms with van der Waals surface area (Å²) in [6.45, 7) is 3.54. The quantitative estimate of drug-likeness (QED) is 0.395. The molecule has 0 spiro atoms. The lowest BCUT2D eigenvalue weighted by Crippen LogP contribution is -2.53. The molecule has 10 nitrogen and oxygen atoms in total. The molecule has 1 aromatic heterocycles. The summed E-state index contributed by atoms with van der Waals surface area (Å²) in [6.07, 6.45) is 5.04. The van der Waals surface area contributed by atoms with Crippen molar-refractivity contribution in [3.05, 3.63) is 59.4 Å². The molecule has 0 unspecified atom stereocenters. The van der Waals surface area contributed by atoms with E-state index < -0.39 is 12.0 Å². The number of alkyl halides is 3. The largest absolute Gasteiger partial charge is 0.449 e. The second kappa shape index (κ2) is 13.8. The Morgan fingerprint density at radius 3 is 2.43 bits per heavy atom. The third kappa shape index (κ3) is 7.93. The first kappa shape index (κ1) is 31.8. The Morgan fingerprint density at radius 2 is 1.79 bits per heavy atom. The highest BCUT2D eigenvalue weighted by atomic mass is 19.4. The maximum absolute atomic E-state index is 12.4. The van der Waals surface area contributed by atoms with Gasteiger partial charge in [-0.3, -0.25) is 4.79 Å². The van der Waals surface area contributed by atoms with Gasteiger partial charge < -0.3 is 30.3 Å². The number of rotatable bonds is 3. The van der Waals surface area contributed by atoms with Gasteiger partial charge in [0.15, 0.2) is 0 Å². The van der Waals surface area contributed by atoms with Gasteiger partial charge >= 0.3 is 18.2 Å². The van der Waals surface area contributed by atoms with Crippen molar-refractivity contribution in [1.82, 2.24) is 30.0 Å². The molecule has 0 bridgehead atoms. The number of para-hydroxylation sites is 1. The molecule has 224 valence electrons. The van der Waals surface area contributed by atoms with E-state index in [0.29, 0.717) is 30.7 Å². The average molecular weight is 586 g/mol. The minimum Gasteiger partial charge on any atom is -0.347 e. The van der Waals surface area contributed by atoms with Crippen molar-refractivity contribution in [2.45, 2.75) is 38.5 Å². The van der Waals surface area contributed by atoms with E-state index in [2.05, 4.69) is 33.4 Å². The first-order valence-corrected chi connectivity index (χ1v) is 13.2. The van der Waals surface area contributed by atoms with E-state index >= 15 is 0 Å². The van der Waals surface area contributed by atoms with Crippen LogP contribution in [0, 0.1) is 19.8 Å². The number of benzene rings is 2. The fraction of sp³-hybridized carbons (Fsp3) is 0.379. The summed E-state index contributed by atoms with van der Waals surface area (Å²) in [5.74, 6) is -1.09. The van der Waals surface area contributed by atoms with E-state index in [1.807, 2.05) is 36.1 Å². The van der Waals surface area contributed by atoms with Gasteiger partial charge in [0.1, 0.15) is 0 Å². The Kier molecular flexibility index (Phi) is 10.4. The molecular formula is C29H34F3N7O3. The maximum atomic E-state index is 12.4. The van der Waals surface area contributed by atoms with Crippen LogP contribution in [0.3, 0.4) is 0 Å². The van der Waals surface area contributed by atoms with Crippen LogP contribution >= 0.6 is 0 Å². The van der Waals surface area contributed by atoms with Crippen molar-refractivity contribution in [1.29, 1.82) is 0 Å². The molecule has 5 rings (SSSR count). The van der Waals surface area contributed by atoms with Crippen LogP contribution < -0.4 is 10.6 Å². The summed E-state index contributed by atoms with van der Waals surface area (Å²) in [5, 5.41) is 5.59. The number of aromatic nitrogens is 2. The number of nitrogens with one attached hydrogen (secondary N) is 3. The van der Waals surface area contributed by atoms with E-state index in [9.17, 15) is 27.6 Å². The lowest BCUT2D eigenvalue weighted by atomic mass is 10.0. The van der Waals surface area contributed by atoms with Crippen LogP contribution in [-0.2, 0) is 17.5 Å². The number of terminal acetylenes is 1. The molecule has 3 N–H and O–H groups in total. The Hall–Kier alpha value is -4.73. The Labute approximate surface area is 242 Å². The van der Waals surface area contributed by atoms with Crippen molar-refractivity contribution in [2.24, 2.45) is 0 Å². The van der Waals surface area contributed by atoms with Gasteiger partial charge in [-0.1, -0.05) is 24.3 Å². The lowest BCUT2D eigenvalue weighted by molar-refractivity contribution is -0.144. The van der Waals surface area contributed by atoms with E-state index in [1.54, 1.807) is 37.2 Å². The van der Waals surface area contributed by atoms with Crippen LogP contribution in [0.1, 0.15) is 29.8 Å². The third-order valence-electron chi connectivity index (χ3n) is 6.85. The number of likely N-dealkylation sites (tertiary alicyclic amines) is 1. The Morgan fingerprint density at radius 1 is 1.12 bits per heavy atom. The summed E-state index contributed by atoms with van der Waals surface area (Å²) in [6, 6.07) is 12.5. The van der Waals surface area contributed by atoms with Crippen molar-refractivity contribution in [3.8, 4) is 12.8 Å². The molecule has 0 aliphatic carbocycles. The van der Waals surface area contributed by atoms with Crippen LogP contribution in [-0.4, -0.2) is 82.4 Å². The average Bonchev–Trinajstić information content (AvgIpc) is 3.41. The molecule has 2 aliphatic heterocycles. The molecule has 0 radical (unpaired) electrons. The van der Waals surface area contributed by atoms with Crippen LogP contribution in [0.4, 0.5) is 28.4 Å². The van der Waals surface area contributed by atoms with E-state index in [1.165, 1.54) is 4.90 Å². The number of H-pyrrole nitrogens is 1. The third-order valence-corrected chi connectivity index (χ3v) is 6.85. The first-order valence-electron chi connectivity index (χ1n) is 13.2. The summed E-state index contributed by atoms with van der Waals surface area (Å²) in [5.41, 5.74) is 3.63. The number of anilines is 1. The predicted octanol–water partition coefficient (Wildman–Crippen LogP) is 4.44. The number of imidazole rings is 1. The van der Waals surface area contributed by atoms with Crippen molar-refractivity contribution < 1.29 is 27.6 Å². The number of likely N-dealkylation sites (N-methyl/N-ethyl adjacent to an activating group) is 1. The topological polar surface area (TPSA) is 114 Å². The minimum atomic E-state index is -4.41. The van der Waals surface area contributed by atoms with Gasteiger partial charge in [0.05, 0.1) is 17.6 Å². The lowest BCUT2D eigenvalue weighted by Gasteiger charge is -2.40. The van der Waals surface area contributed by atoms with Crippen molar-refractivity contribution in [2.75, 3.05) is 39.0 Å². The molecule has 1 saturated heterocycles.